The number of hydrogen-bond donors (Lipinski definition) is 1. The van der Waals surface area contributed by atoms with Crippen molar-refractivity contribution in [1.29, 1.82) is 0 Å². The third kappa shape index (κ3) is 3.14. The van der Waals surface area contributed by atoms with Gasteiger partial charge in [0, 0.05) is 16.1 Å². The van der Waals surface area contributed by atoms with Crippen molar-refractivity contribution in [3.05, 3.63) is 54.7 Å². The number of halogens is 1. The van der Waals surface area contributed by atoms with Crippen LogP contribution in [0.1, 0.15) is 15.2 Å². The molecule has 8 heteroatoms. The molecule has 0 saturated carbocycles. The maximum absolute atomic E-state index is 11.0. The Labute approximate surface area is 125 Å². The summed E-state index contributed by atoms with van der Waals surface area (Å²) in [4.78, 5) is 21.5. The Morgan fingerprint density at radius 2 is 2.20 bits per heavy atom. The molecule has 0 spiro atoms. The molecule has 0 unspecified atom stereocenters. The molecule has 0 amide bonds. The summed E-state index contributed by atoms with van der Waals surface area (Å²) in [7, 11) is 0. The molecule has 0 saturated heterocycles. The number of carboxylic acid groups (broad SMARTS) is 1. The van der Waals surface area contributed by atoms with Crippen LogP contribution in [-0.4, -0.2) is 16.0 Å². The molecular formula is C12H8BrNO5S. The number of hydrogen-bond acceptors (Lipinski definition) is 5. The fourth-order valence-electron chi connectivity index (χ4n) is 1.55. The topological polar surface area (TPSA) is 89.7 Å². The maximum atomic E-state index is 11.0. The van der Waals surface area contributed by atoms with Gasteiger partial charge in [0.25, 0.3) is 0 Å². The molecule has 0 aliphatic heterocycles. The summed E-state index contributed by atoms with van der Waals surface area (Å²) in [5, 5.41) is 21.5. The second kappa shape index (κ2) is 6.02. The Bertz CT molecular complexity index is 670. The molecule has 0 aliphatic carbocycles. The summed E-state index contributed by atoms with van der Waals surface area (Å²) in [6.45, 7) is -0.0341. The summed E-state index contributed by atoms with van der Waals surface area (Å²) in [5.74, 6) is -0.940. The van der Waals surface area contributed by atoms with Gasteiger partial charge in [0.1, 0.15) is 11.5 Å². The van der Waals surface area contributed by atoms with Gasteiger partial charge < -0.3 is 9.84 Å². The fourth-order valence-corrected chi connectivity index (χ4v) is 2.64. The van der Waals surface area contributed by atoms with Crippen molar-refractivity contribution in [2.45, 2.75) is 6.61 Å². The van der Waals surface area contributed by atoms with Crippen molar-refractivity contribution >= 4 is 38.9 Å². The molecule has 0 aliphatic rings. The molecule has 1 aromatic carbocycles. The van der Waals surface area contributed by atoms with Crippen LogP contribution in [0.15, 0.2) is 34.1 Å². The zero-order valence-corrected chi connectivity index (χ0v) is 12.3. The largest absolute Gasteiger partial charge is 0.482 e. The minimum absolute atomic E-state index is 0.0341. The highest BCUT2D eigenvalue weighted by molar-refractivity contribution is 9.10. The van der Waals surface area contributed by atoms with E-state index in [1.165, 1.54) is 12.1 Å². The normalized spacial score (nSPS) is 10.2. The van der Waals surface area contributed by atoms with E-state index in [0.717, 1.165) is 11.3 Å². The van der Waals surface area contributed by atoms with Gasteiger partial charge in [0.15, 0.2) is 5.75 Å². The highest BCUT2D eigenvalue weighted by atomic mass is 79.9. The molecule has 2 rings (SSSR count). The fraction of sp³-hybridized carbons (Fsp3) is 0.0833. The molecule has 0 atom stereocenters. The predicted molar refractivity (Wildman–Crippen MR) is 76.4 cm³/mol. The number of carbonyl (C=O) groups is 1. The molecule has 0 bridgehead atoms. The van der Waals surface area contributed by atoms with Crippen LogP contribution < -0.4 is 4.74 Å². The highest BCUT2D eigenvalue weighted by Crippen LogP contribution is 2.31. The summed E-state index contributed by atoms with van der Waals surface area (Å²) in [6, 6.07) is 6.04. The van der Waals surface area contributed by atoms with E-state index < -0.39 is 10.9 Å². The summed E-state index contributed by atoms with van der Waals surface area (Å²) < 4.78 is 5.94. The number of rotatable bonds is 5. The van der Waals surface area contributed by atoms with Crippen LogP contribution in [0.4, 0.5) is 5.69 Å². The number of nitro benzene ring substituents is 1. The lowest BCUT2D eigenvalue weighted by Crippen LogP contribution is -2.03. The minimum atomic E-state index is -1.04. The Kier molecular flexibility index (Phi) is 4.35. The monoisotopic (exact) mass is 357 g/mol. The molecule has 0 fully saturated rings. The van der Waals surface area contributed by atoms with Crippen LogP contribution in [0.2, 0.25) is 0 Å². The van der Waals surface area contributed by atoms with Gasteiger partial charge in [-0.25, -0.2) is 4.79 Å². The van der Waals surface area contributed by atoms with Crippen molar-refractivity contribution in [1.82, 2.24) is 0 Å². The van der Waals surface area contributed by atoms with Crippen LogP contribution in [0.25, 0.3) is 0 Å². The molecule has 2 aromatic rings. The number of nitrogens with zero attached hydrogens (tertiary/aromatic N) is 1. The zero-order valence-electron chi connectivity index (χ0n) is 9.91. The average Bonchev–Trinajstić information content (AvgIpc) is 2.85. The first-order valence-electron chi connectivity index (χ1n) is 5.35. The van der Waals surface area contributed by atoms with Crippen LogP contribution in [0, 0.1) is 10.1 Å². The van der Waals surface area contributed by atoms with Gasteiger partial charge in [-0.15, -0.1) is 11.3 Å². The van der Waals surface area contributed by atoms with E-state index in [1.807, 2.05) is 0 Å². The third-order valence-corrected chi connectivity index (χ3v) is 3.88. The van der Waals surface area contributed by atoms with E-state index in [0.29, 0.717) is 10.0 Å². The maximum Gasteiger partial charge on any atom is 0.346 e. The van der Waals surface area contributed by atoms with Crippen molar-refractivity contribution < 1.29 is 19.6 Å². The molecular weight excluding hydrogens is 350 g/mol. The second-order valence-corrected chi connectivity index (χ2v) is 5.57. The van der Waals surface area contributed by atoms with E-state index in [2.05, 4.69) is 15.9 Å². The molecule has 20 heavy (non-hydrogen) atoms. The lowest BCUT2D eigenvalue weighted by Gasteiger charge is -2.06. The lowest BCUT2D eigenvalue weighted by atomic mass is 10.2. The predicted octanol–water partition coefficient (Wildman–Crippen LogP) is 3.70. The van der Waals surface area contributed by atoms with Gasteiger partial charge in [0.05, 0.1) is 4.92 Å². The number of benzene rings is 1. The smallest absolute Gasteiger partial charge is 0.346 e. The number of nitro groups is 1. The Balaban J connectivity index is 2.21. The van der Waals surface area contributed by atoms with E-state index in [9.17, 15) is 14.9 Å². The van der Waals surface area contributed by atoms with Crippen LogP contribution in [-0.2, 0) is 6.61 Å². The van der Waals surface area contributed by atoms with Gasteiger partial charge in [-0.3, -0.25) is 10.1 Å². The van der Waals surface area contributed by atoms with E-state index in [1.54, 1.807) is 17.5 Å². The Morgan fingerprint density at radius 3 is 2.85 bits per heavy atom. The lowest BCUT2D eigenvalue weighted by molar-refractivity contribution is -0.386. The van der Waals surface area contributed by atoms with Crippen molar-refractivity contribution in [2.75, 3.05) is 0 Å². The van der Waals surface area contributed by atoms with Gasteiger partial charge in [0.2, 0.25) is 0 Å². The minimum Gasteiger partial charge on any atom is -0.482 e. The van der Waals surface area contributed by atoms with Crippen molar-refractivity contribution in [2.24, 2.45) is 0 Å². The van der Waals surface area contributed by atoms with Gasteiger partial charge in [-0.2, -0.15) is 0 Å². The van der Waals surface area contributed by atoms with Crippen LogP contribution in [0.5, 0.6) is 5.75 Å². The van der Waals surface area contributed by atoms with Gasteiger partial charge in [-0.05, 0) is 23.6 Å². The summed E-state index contributed by atoms with van der Waals surface area (Å²) in [6.07, 6.45) is 0. The van der Waals surface area contributed by atoms with E-state index in [-0.39, 0.29) is 22.9 Å². The number of carboxylic acids is 1. The standard InChI is InChI=1S/C12H8BrNO5S/c13-8-1-2-10(9(5-8)14(17)18)19-6-7-3-4-20-11(7)12(15)16/h1-5H,6H2,(H,15,16). The quantitative estimate of drug-likeness (QED) is 0.650. The SMILES string of the molecule is O=C(O)c1sccc1COc1ccc(Br)cc1[N+](=O)[O-]. The van der Waals surface area contributed by atoms with E-state index in [4.69, 9.17) is 9.84 Å². The van der Waals surface area contributed by atoms with Crippen LogP contribution in [0.3, 0.4) is 0 Å². The number of thiophene rings is 1. The Hall–Kier alpha value is -1.93. The van der Waals surface area contributed by atoms with Crippen molar-refractivity contribution in [3.8, 4) is 5.75 Å². The number of ether oxygens (including phenoxy) is 1. The van der Waals surface area contributed by atoms with Crippen molar-refractivity contribution in [3.63, 3.8) is 0 Å². The molecule has 104 valence electrons. The zero-order chi connectivity index (χ0) is 14.7. The first-order chi connectivity index (χ1) is 9.49. The molecule has 1 heterocycles. The molecule has 1 N–H and O–H groups in total. The van der Waals surface area contributed by atoms with Crippen LogP contribution >= 0.6 is 27.3 Å². The van der Waals surface area contributed by atoms with Gasteiger partial charge >= 0.3 is 11.7 Å². The molecule has 6 nitrogen and oxygen atoms in total. The summed E-state index contributed by atoms with van der Waals surface area (Å²) in [5.41, 5.74) is 0.311. The first kappa shape index (κ1) is 14.5. The summed E-state index contributed by atoms with van der Waals surface area (Å²) >= 11 is 4.23. The average molecular weight is 358 g/mol. The second-order valence-electron chi connectivity index (χ2n) is 3.74. The highest BCUT2D eigenvalue weighted by Gasteiger charge is 2.17. The molecule has 0 radical (unpaired) electrons. The Morgan fingerprint density at radius 1 is 1.45 bits per heavy atom. The third-order valence-electron chi connectivity index (χ3n) is 2.44. The molecule has 1 aromatic heterocycles. The number of aromatic carboxylic acids is 1. The van der Waals surface area contributed by atoms with Gasteiger partial charge in [-0.1, -0.05) is 15.9 Å². The first-order valence-corrected chi connectivity index (χ1v) is 7.02. The van der Waals surface area contributed by atoms with E-state index >= 15 is 0 Å².